The normalized spacial score (nSPS) is 7.50. The van der Waals surface area contributed by atoms with Crippen LogP contribution in [-0.4, -0.2) is 4.98 Å². The molecule has 44 valence electrons. The Hall–Kier alpha value is -0.640. The fourth-order valence-electron chi connectivity index (χ4n) is 0.308. The third-order valence-corrected chi connectivity index (χ3v) is 0.599. The predicted octanol–water partition coefficient (Wildman–Crippen LogP) is 0.293. The molecular weight excluding hydrogens is 172 g/mol. The average Bonchev–Trinajstić information content (AvgIpc) is 1.69. The molecule has 0 spiro atoms. The van der Waals surface area contributed by atoms with E-state index in [1.54, 1.807) is 0 Å². The second-order valence-electron chi connectivity index (χ2n) is 1.11. The third-order valence-electron chi connectivity index (χ3n) is 0.599. The maximum atomic E-state index is 10.1. The van der Waals surface area contributed by atoms with E-state index in [4.69, 9.17) is 0 Å². The quantitative estimate of drug-likeness (QED) is 0.422. The average molecular weight is 177 g/mol. The summed E-state index contributed by atoms with van der Waals surface area (Å²) in [6.07, 6.45) is 5.54. The lowest BCUT2D eigenvalue weighted by Crippen LogP contribution is -2.23. The van der Waals surface area contributed by atoms with E-state index in [0.29, 0.717) is 4.73 Å². The van der Waals surface area contributed by atoms with Crippen LogP contribution in [0.4, 0.5) is 0 Å². The van der Waals surface area contributed by atoms with Crippen LogP contribution in [0.1, 0.15) is 0 Å². The zero-order valence-electron chi connectivity index (χ0n) is 4.02. The van der Waals surface area contributed by atoms with Crippen molar-refractivity contribution in [2.24, 2.45) is 0 Å². The van der Waals surface area contributed by atoms with E-state index < -0.39 is 0 Å². The number of aromatic nitrogens is 2. The summed E-state index contributed by atoms with van der Waals surface area (Å²) >= 11 is 0. The molecule has 0 bridgehead atoms. The Morgan fingerprint density at radius 3 is 2.00 bits per heavy atom. The number of rotatable bonds is 0. The highest BCUT2D eigenvalue weighted by Gasteiger charge is 1.76. The van der Waals surface area contributed by atoms with Gasteiger partial charge >= 0.3 is 0 Å². The second kappa shape index (κ2) is 3.37. The molecule has 0 saturated heterocycles. The molecule has 0 saturated carbocycles. The summed E-state index contributed by atoms with van der Waals surface area (Å²) in [5, 5.41) is 10.1. The number of nitrogens with zero attached hydrogens (tertiary/aromatic N) is 2. The van der Waals surface area contributed by atoms with Crippen LogP contribution in [0.2, 0.25) is 0 Å². The molecule has 0 amide bonds. The van der Waals surface area contributed by atoms with Crippen molar-refractivity contribution < 1.29 is 4.73 Å². The molecule has 0 unspecified atom stereocenters. The van der Waals surface area contributed by atoms with Crippen LogP contribution in [0.15, 0.2) is 24.8 Å². The molecule has 1 heterocycles. The second-order valence-corrected chi connectivity index (χ2v) is 1.11. The zero-order valence-corrected chi connectivity index (χ0v) is 5.73. The van der Waals surface area contributed by atoms with E-state index >= 15 is 0 Å². The lowest BCUT2D eigenvalue weighted by molar-refractivity contribution is -0.606. The van der Waals surface area contributed by atoms with Gasteiger partial charge in [-0.15, -0.1) is 17.0 Å². The van der Waals surface area contributed by atoms with Crippen molar-refractivity contribution in [1.29, 1.82) is 0 Å². The molecule has 1 rings (SSSR count). The highest BCUT2D eigenvalue weighted by molar-refractivity contribution is 8.93. The maximum Gasteiger partial charge on any atom is 0.198 e. The molecule has 1 aromatic rings. The molecule has 0 aliphatic heterocycles. The Balaban J connectivity index is 0.000000490. The van der Waals surface area contributed by atoms with Gasteiger partial charge in [-0.1, -0.05) is 0 Å². The smallest absolute Gasteiger partial charge is 0.198 e. The van der Waals surface area contributed by atoms with Gasteiger partial charge in [0.2, 0.25) is 0 Å². The molecule has 0 radical (unpaired) electrons. The summed E-state index contributed by atoms with van der Waals surface area (Å²) in [5.74, 6) is 0. The van der Waals surface area contributed by atoms with Gasteiger partial charge in [0.1, 0.15) is 0 Å². The molecule has 3 nitrogen and oxygen atoms in total. The van der Waals surface area contributed by atoms with E-state index in [-0.39, 0.29) is 17.0 Å². The Morgan fingerprint density at radius 1 is 1.25 bits per heavy atom. The van der Waals surface area contributed by atoms with Crippen molar-refractivity contribution in [2.75, 3.05) is 0 Å². The minimum Gasteiger partial charge on any atom is -0.619 e. The molecule has 0 fully saturated rings. The largest absolute Gasteiger partial charge is 0.619 e. The SMILES string of the molecule is Br.[O-][n+]1ccncc1. The molecular formula is C4H5BrN2O. The first-order valence-electron chi connectivity index (χ1n) is 1.88. The number of hydrogen-bond donors (Lipinski definition) is 0. The Labute approximate surface area is 57.3 Å². The first-order valence-corrected chi connectivity index (χ1v) is 1.88. The highest BCUT2D eigenvalue weighted by atomic mass is 79.9. The summed E-state index contributed by atoms with van der Waals surface area (Å²) in [7, 11) is 0. The molecule has 0 atom stereocenters. The van der Waals surface area contributed by atoms with Crippen LogP contribution in [0, 0.1) is 5.21 Å². The molecule has 0 aliphatic carbocycles. The fourth-order valence-corrected chi connectivity index (χ4v) is 0.308. The van der Waals surface area contributed by atoms with Crippen molar-refractivity contribution in [3.05, 3.63) is 30.0 Å². The number of halogens is 1. The highest BCUT2D eigenvalue weighted by Crippen LogP contribution is 1.63. The van der Waals surface area contributed by atoms with Crippen molar-refractivity contribution in [3.8, 4) is 0 Å². The maximum absolute atomic E-state index is 10.1. The van der Waals surface area contributed by atoms with Gasteiger partial charge in [0.25, 0.3) is 0 Å². The van der Waals surface area contributed by atoms with Crippen LogP contribution in [0.25, 0.3) is 0 Å². The minimum atomic E-state index is 0. The Kier molecular flexibility index (Phi) is 3.10. The Morgan fingerprint density at radius 2 is 1.75 bits per heavy atom. The van der Waals surface area contributed by atoms with Crippen LogP contribution in [-0.2, 0) is 0 Å². The van der Waals surface area contributed by atoms with Crippen molar-refractivity contribution in [3.63, 3.8) is 0 Å². The molecule has 0 aliphatic rings. The summed E-state index contributed by atoms with van der Waals surface area (Å²) in [5.41, 5.74) is 0. The summed E-state index contributed by atoms with van der Waals surface area (Å²) in [4.78, 5) is 3.62. The molecule has 1 aromatic heterocycles. The van der Waals surface area contributed by atoms with E-state index in [1.807, 2.05) is 0 Å². The molecule has 0 N–H and O–H groups in total. The van der Waals surface area contributed by atoms with Crippen LogP contribution in [0.3, 0.4) is 0 Å². The molecule has 0 aromatic carbocycles. The van der Waals surface area contributed by atoms with E-state index in [2.05, 4.69) is 4.98 Å². The lowest BCUT2D eigenvalue weighted by atomic mass is 10.8. The zero-order chi connectivity index (χ0) is 5.11. The third kappa shape index (κ3) is 1.88. The first kappa shape index (κ1) is 7.36. The van der Waals surface area contributed by atoms with Gasteiger partial charge in [-0.25, -0.2) is 0 Å². The van der Waals surface area contributed by atoms with Crippen molar-refractivity contribution >= 4 is 17.0 Å². The molecule has 8 heavy (non-hydrogen) atoms. The fraction of sp³-hybridized carbons (Fsp3) is 0. The van der Waals surface area contributed by atoms with E-state index in [1.165, 1.54) is 24.8 Å². The summed E-state index contributed by atoms with van der Waals surface area (Å²) < 4.78 is 0.688. The van der Waals surface area contributed by atoms with E-state index in [0.717, 1.165) is 0 Å². The van der Waals surface area contributed by atoms with Crippen LogP contribution in [0.5, 0.6) is 0 Å². The molecule has 4 heteroatoms. The minimum absolute atomic E-state index is 0. The van der Waals surface area contributed by atoms with Crippen molar-refractivity contribution in [1.82, 2.24) is 4.98 Å². The monoisotopic (exact) mass is 176 g/mol. The van der Waals surface area contributed by atoms with Gasteiger partial charge in [0.15, 0.2) is 12.4 Å². The standard InChI is InChI=1S/C4H4N2O.BrH/c7-6-3-1-5-2-4-6;/h1-4H;1H. The Bertz CT molecular complexity index is 144. The topological polar surface area (TPSA) is 39.8 Å². The predicted molar refractivity (Wildman–Crippen MR) is 33.5 cm³/mol. The van der Waals surface area contributed by atoms with Gasteiger partial charge in [0, 0.05) is 0 Å². The lowest BCUT2D eigenvalue weighted by Gasteiger charge is -1.87. The van der Waals surface area contributed by atoms with Gasteiger partial charge < -0.3 is 5.21 Å². The van der Waals surface area contributed by atoms with E-state index in [9.17, 15) is 5.21 Å². The summed E-state index contributed by atoms with van der Waals surface area (Å²) in [6.45, 7) is 0. The van der Waals surface area contributed by atoms with Crippen molar-refractivity contribution in [2.45, 2.75) is 0 Å². The van der Waals surface area contributed by atoms with Gasteiger partial charge in [-0.2, -0.15) is 4.73 Å². The van der Waals surface area contributed by atoms with Gasteiger partial charge in [-0.3, -0.25) is 4.98 Å². The number of hydrogen-bond acceptors (Lipinski definition) is 2. The van der Waals surface area contributed by atoms with Gasteiger partial charge in [-0.05, 0) is 0 Å². The van der Waals surface area contributed by atoms with Crippen LogP contribution < -0.4 is 4.73 Å². The first-order chi connectivity index (χ1) is 3.39. The van der Waals surface area contributed by atoms with Gasteiger partial charge in [0.05, 0.1) is 12.4 Å². The summed E-state index contributed by atoms with van der Waals surface area (Å²) in [6, 6.07) is 0. The van der Waals surface area contributed by atoms with Crippen LogP contribution >= 0.6 is 17.0 Å².